The number of hydrogen-bond donors (Lipinski definition) is 1. The molecular weight excluding hydrogens is 366 g/mol. The molecule has 0 aromatic carbocycles. The van der Waals surface area contributed by atoms with Crippen molar-refractivity contribution in [2.75, 3.05) is 31.1 Å². The molecule has 2 aliphatic heterocycles. The Morgan fingerprint density at radius 1 is 1.26 bits per heavy atom. The van der Waals surface area contributed by atoms with Crippen LogP contribution in [0.15, 0.2) is 46.6 Å². The summed E-state index contributed by atoms with van der Waals surface area (Å²) in [5.41, 5.74) is 1.46. The van der Waals surface area contributed by atoms with Gasteiger partial charge in [-0.25, -0.2) is 9.97 Å². The highest BCUT2D eigenvalue weighted by Gasteiger charge is 2.25. The lowest BCUT2D eigenvalue weighted by atomic mass is 10.2. The van der Waals surface area contributed by atoms with Crippen LogP contribution in [0, 0.1) is 0 Å². The van der Waals surface area contributed by atoms with Gasteiger partial charge in [0.05, 0.1) is 22.6 Å². The summed E-state index contributed by atoms with van der Waals surface area (Å²) in [6, 6.07) is 5.46. The van der Waals surface area contributed by atoms with E-state index >= 15 is 0 Å². The first-order valence-electron chi connectivity index (χ1n) is 8.41. The predicted octanol–water partition coefficient (Wildman–Crippen LogP) is 2.19. The molecule has 8 nitrogen and oxygen atoms in total. The lowest BCUT2D eigenvalue weighted by Gasteiger charge is -2.36. The quantitative estimate of drug-likeness (QED) is 0.804. The molecule has 0 radical (unpaired) electrons. The topological polar surface area (TPSA) is 91.6 Å². The Labute approximate surface area is 159 Å². The van der Waals surface area contributed by atoms with E-state index in [1.165, 1.54) is 0 Å². The molecule has 2 fully saturated rings. The molecule has 1 N–H and O–H groups in total. The molecule has 27 heavy (non-hydrogen) atoms. The van der Waals surface area contributed by atoms with Crippen molar-refractivity contribution >= 4 is 40.6 Å². The number of hydrogen-bond acceptors (Lipinski definition) is 8. The Morgan fingerprint density at radius 2 is 2.07 bits per heavy atom. The lowest BCUT2D eigenvalue weighted by molar-refractivity contribution is -0.115. The molecule has 4 rings (SSSR count). The fourth-order valence-corrected chi connectivity index (χ4v) is 3.59. The van der Waals surface area contributed by atoms with Crippen LogP contribution in [0.25, 0.3) is 11.8 Å². The molecule has 0 atom stereocenters. The molecule has 9 heteroatoms. The highest BCUT2D eigenvalue weighted by molar-refractivity contribution is 8.18. The molecule has 2 saturated heterocycles. The molecule has 4 heterocycles. The second-order valence-electron chi connectivity index (χ2n) is 6.03. The van der Waals surface area contributed by atoms with Gasteiger partial charge in [0.1, 0.15) is 5.76 Å². The van der Waals surface area contributed by atoms with Gasteiger partial charge < -0.3 is 14.2 Å². The Morgan fingerprint density at radius 3 is 2.74 bits per heavy atom. The summed E-state index contributed by atoms with van der Waals surface area (Å²) in [5.74, 6) is 0.979. The number of rotatable bonds is 4. The SMILES string of the molecule is C=C(c1ccco1)N1CCN(c2nccc(/C=C3\SC(=O)NC3=O)n2)CC1. The second-order valence-corrected chi connectivity index (χ2v) is 7.05. The van der Waals surface area contributed by atoms with Gasteiger partial charge >= 0.3 is 0 Å². The third-order valence-electron chi connectivity index (χ3n) is 4.34. The Kier molecular flexibility index (Phi) is 4.68. The maximum absolute atomic E-state index is 11.7. The predicted molar refractivity (Wildman–Crippen MR) is 103 cm³/mol. The zero-order valence-corrected chi connectivity index (χ0v) is 15.2. The number of nitrogens with one attached hydrogen (secondary N) is 1. The summed E-state index contributed by atoms with van der Waals surface area (Å²) in [6.07, 6.45) is 4.90. The van der Waals surface area contributed by atoms with Crippen LogP contribution in [-0.4, -0.2) is 52.2 Å². The van der Waals surface area contributed by atoms with Gasteiger partial charge in [0, 0.05) is 32.4 Å². The van der Waals surface area contributed by atoms with Crippen LogP contribution in [0.1, 0.15) is 11.5 Å². The molecule has 138 valence electrons. The Hall–Kier alpha value is -3.07. The molecule has 0 saturated carbocycles. The summed E-state index contributed by atoms with van der Waals surface area (Å²) in [5, 5.41) is 1.87. The number of furan rings is 1. The number of thioether (sulfide) groups is 1. The van der Waals surface area contributed by atoms with Crippen LogP contribution in [0.5, 0.6) is 0 Å². The first-order valence-corrected chi connectivity index (χ1v) is 9.22. The lowest BCUT2D eigenvalue weighted by Crippen LogP contribution is -2.46. The molecule has 0 spiro atoms. The number of carbonyl (C=O) groups excluding carboxylic acids is 2. The van der Waals surface area contributed by atoms with Crippen molar-refractivity contribution in [2.24, 2.45) is 0 Å². The average Bonchev–Trinajstić information content (AvgIpc) is 3.32. The molecule has 2 amide bonds. The van der Waals surface area contributed by atoms with Crippen molar-refractivity contribution < 1.29 is 14.0 Å². The molecule has 0 aliphatic carbocycles. The summed E-state index contributed by atoms with van der Waals surface area (Å²) in [7, 11) is 0. The van der Waals surface area contributed by atoms with Crippen LogP contribution >= 0.6 is 11.8 Å². The van der Waals surface area contributed by atoms with E-state index < -0.39 is 5.91 Å². The zero-order valence-electron chi connectivity index (χ0n) is 14.4. The first kappa shape index (κ1) is 17.3. The van der Waals surface area contributed by atoms with E-state index in [4.69, 9.17) is 4.42 Å². The maximum atomic E-state index is 11.7. The summed E-state index contributed by atoms with van der Waals surface area (Å²) in [4.78, 5) is 36.4. The van der Waals surface area contributed by atoms with Crippen molar-refractivity contribution in [2.45, 2.75) is 0 Å². The molecule has 0 unspecified atom stereocenters. The van der Waals surface area contributed by atoms with Gasteiger partial charge in [0.25, 0.3) is 11.1 Å². The maximum Gasteiger partial charge on any atom is 0.290 e. The van der Waals surface area contributed by atoms with E-state index in [1.807, 2.05) is 12.1 Å². The summed E-state index contributed by atoms with van der Waals surface area (Å²) >= 11 is 0.874. The number of imide groups is 1. The van der Waals surface area contributed by atoms with Gasteiger partial charge in [-0.15, -0.1) is 0 Å². The van der Waals surface area contributed by atoms with E-state index in [-0.39, 0.29) is 5.24 Å². The molecular formula is C18H17N5O3S. The monoisotopic (exact) mass is 383 g/mol. The van der Waals surface area contributed by atoms with Crippen LogP contribution in [0.3, 0.4) is 0 Å². The van der Waals surface area contributed by atoms with Crippen LogP contribution < -0.4 is 10.2 Å². The van der Waals surface area contributed by atoms with Crippen molar-refractivity contribution in [3.05, 3.63) is 53.6 Å². The van der Waals surface area contributed by atoms with Crippen molar-refractivity contribution in [3.63, 3.8) is 0 Å². The summed E-state index contributed by atoms with van der Waals surface area (Å²) < 4.78 is 5.41. The van der Waals surface area contributed by atoms with Gasteiger partial charge in [-0.3, -0.25) is 14.9 Å². The highest BCUT2D eigenvalue weighted by atomic mass is 32.2. The largest absolute Gasteiger partial charge is 0.463 e. The number of carbonyl (C=O) groups is 2. The second kappa shape index (κ2) is 7.28. The minimum atomic E-state index is -0.393. The van der Waals surface area contributed by atoms with Crippen molar-refractivity contribution in [1.82, 2.24) is 20.2 Å². The Bertz CT molecular complexity index is 917. The molecule has 2 aromatic rings. The van der Waals surface area contributed by atoms with Gasteiger partial charge in [0.15, 0.2) is 0 Å². The third-order valence-corrected chi connectivity index (χ3v) is 5.15. The minimum absolute atomic E-state index is 0.337. The Balaban J connectivity index is 1.43. The van der Waals surface area contributed by atoms with Crippen LogP contribution in [-0.2, 0) is 4.79 Å². The normalized spacial score (nSPS) is 18.9. The smallest absolute Gasteiger partial charge is 0.290 e. The third kappa shape index (κ3) is 3.72. The van der Waals surface area contributed by atoms with E-state index in [9.17, 15) is 9.59 Å². The number of amides is 2. The van der Waals surface area contributed by atoms with Gasteiger partial charge in [-0.05, 0) is 36.0 Å². The molecule has 0 bridgehead atoms. The van der Waals surface area contributed by atoms with Crippen LogP contribution in [0.2, 0.25) is 0 Å². The van der Waals surface area contributed by atoms with E-state index in [2.05, 4.69) is 31.7 Å². The standard InChI is InChI=1S/C18H17N5O3S/c1-12(14-3-2-10-26-14)22-6-8-23(9-7-22)17-19-5-4-13(20-17)11-15-16(24)21-18(25)27-15/h2-5,10-11H,1,6-9H2,(H,21,24,25)/b15-11-. The zero-order chi connectivity index (χ0) is 18.8. The van der Waals surface area contributed by atoms with Gasteiger partial charge in [-0.2, -0.15) is 0 Å². The highest BCUT2D eigenvalue weighted by Crippen LogP contribution is 2.25. The molecule has 2 aliphatic rings. The van der Waals surface area contributed by atoms with Crippen LogP contribution in [0.4, 0.5) is 10.7 Å². The first-order chi connectivity index (χ1) is 13.1. The minimum Gasteiger partial charge on any atom is -0.463 e. The van der Waals surface area contributed by atoms with E-state index in [1.54, 1.807) is 24.6 Å². The van der Waals surface area contributed by atoms with E-state index in [0.29, 0.717) is 16.5 Å². The number of nitrogens with zero attached hydrogens (tertiary/aromatic N) is 4. The summed E-state index contributed by atoms with van der Waals surface area (Å²) in [6.45, 7) is 7.15. The van der Waals surface area contributed by atoms with Crippen molar-refractivity contribution in [3.8, 4) is 0 Å². The average molecular weight is 383 g/mol. The van der Waals surface area contributed by atoms with Crippen molar-refractivity contribution in [1.29, 1.82) is 0 Å². The number of piperazine rings is 1. The van der Waals surface area contributed by atoms with Gasteiger partial charge in [-0.1, -0.05) is 6.58 Å². The van der Waals surface area contributed by atoms with E-state index in [0.717, 1.165) is 49.4 Å². The number of anilines is 1. The number of aromatic nitrogens is 2. The fourth-order valence-electron chi connectivity index (χ4n) is 2.92. The van der Waals surface area contributed by atoms with Gasteiger partial charge in [0.2, 0.25) is 5.95 Å². The molecule has 2 aromatic heterocycles. The fraction of sp³-hybridized carbons (Fsp3) is 0.222.